The van der Waals surface area contributed by atoms with E-state index in [-0.39, 0.29) is 24.6 Å². The van der Waals surface area contributed by atoms with Crippen LogP contribution < -0.4 is 5.32 Å². The van der Waals surface area contributed by atoms with E-state index < -0.39 is 30.7 Å². The van der Waals surface area contributed by atoms with E-state index in [2.05, 4.69) is 5.32 Å². The predicted molar refractivity (Wildman–Crippen MR) is 65.1 cm³/mol. The van der Waals surface area contributed by atoms with Gasteiger partial charge in [-0.3, -0.25) is 0 Å². The Labute approximate surface area is 111 Å². The van der Waals surface area contributed by atoms with Crippen molar-refractivity contribution in [3.63, 3.8) is 0 Å². The van der Waals surface area contributed by atoms with Crippen molar-refractivity contribution in [3.05, 3.63) is 0 Å². The highest BCUT2D eigenvalue weighted by Gasteiger charge is 2.43. The first-order chi connectivity index (χ1) is 8.95. The molecule has 0 radical (unpaired) electrons. The fourth-order valence-electron chi connectivity index (χ4n) is 2.95. The van der Waals surface area contributed by atoms with Gasteiger partial charge in [0.05, 0.1) is 24.9 Å². The quantitative estimate of drug-likeness (QED) is 0.337. The number of aliphatic hydroxyl groups excluding tert-OH is 5. The van der Waals surface area contributed by atoms with Crippen LogP contribution in [0.2, 0.25) is 0 Å². The summed E-state index contributed by atoms with van der Waals surface area (Å²) >= 11 is 0. The van der Waals surface area contributed by atoms with Crippen molar-refractivity contribution in [2.45, 2.75) is 62.6 Å². The molecule has 8 atom stereocenters. The summed E-state index contributed by atoms with van der Waals surface area (Å²) in [5.74, 6) is -0.00876. The molecular formula is C12H23NO6. The SMILES string of the molecule is CC1C(O)[C@@H](CO)N[C@@H]1CC[C@@H]1O[C@@H](O)C(O)C1O. The molecule has 0 bridgehead atoms. The maximum Gasteiger partial charge on any atom is 0.183 e. The molecule has 7 heteroatoms. The number of hydrogen-bond acceptors (Lipinski definition) is 7. The second-order valence-electron chi connectivity index (χ2n) is 5.54. The highest BCUT2D eigenvalue weighted by molar-refractivity contribution is 4.96. The molecule has 0 aliphatic carbocycles. The van der Waals surface area contributed by atoms with Crippen LogP contribution in [0.25, 0.3) is 0 Å². The van der Waals surface area contributed by atoms with Gasteiger partial charge in [0.25, 0.3) is 0 Å². The molecule has 2 aliphatic rings. The Kier molecular flexibility index (Phi) is 4.78. The van der Waals surface area contributed by atoms with Crippen LogP contribution >= 0.6 is 0 Å². The smallest absolute Gasteiger partial charge is 0.183 e. The van der Waals surface area contributed by atoms with E-state index in [1.54, 1.807) is 0 Å². The lowest BCUT2D eigenvalue weighted by atomic mass is 9.93. The Morgan fingerprint density at radius 1 is 0.947 bits per heavy atom. The fourth-order valence-corrected chi connectivity index (χ4v) is 2.95. The van der Waals surface area contributed by atoms with Crippen LogP contribution in [0, 0.1) is 5.92 Å². The van der Waals surface area contributed by atoms with E-state index in [9.17, 15) is 20.4 Å². The summed E-state index contributed by atoms with van der Waals surface area (Å²) in [5.41, 5.74) is 0. The molecule has 0 aromatic rings. The summed E-state index contributed by atoms with van der Waals surface area (Å²) in [5, 5.41) is 50.5. The third-order valence-corrected chi connectivity index (χ3v) is 4.31. The Hall–Kier alpha value is -0.280. The van der Waals surface area contributed by atoms with Gasteiger partial charge in [0.2, 0.25) is 0 Å². The number of hydrogen-bond donors (Lipinski definition) is 6. The van der Waals surface area contributed by atoms with Gasteiger partial charge in [-0.15, -0.1) is 0 Å². The minimum absolute atomic E-state index is 0.00876. The van der Waals surface area contributed by atoms with Crippen LogP contribution in [-0.2, 0) is 4.74 Å². The first-order valence-electron chi connectivity index (χ1n) is 6.70. The average molecular weight is 277 g/mol. The lowest BCUT2D eigenvalue weighted by Gasteiger charge is -2.20. The van der Waals surface area contributed by atoms with Gasteiger partial charge in [-0.2, -0.15) is 0 Å². The van der Waals surface area contributed by atoms with Gasteiger partial charge in [0.1, 0.15) is 12.2 Å². The van der Waals surface area contributed by atoms with Crippen LogP contribution in [0.3, 0.4) is 0 Å². The van der Waals surface area contributed by atoms with Crippen molar-refractivity contribution in [2.75, 3.05) is 6.61 Å². The van der Waals surface area contributed by atoms with Crippen LogP contribution in [0.1, 0.15) is 19.8 Å². The lowest BCUT2D eigenvalue weighted by molar-refractivity contribution is -0.128. The molecule has 0 spiro atoms. The highest BCUT2D eigenvalue weighted by Crippen LogP contribution is 2.28. The van der Waals surface area contributed by atoms with Crippen molar-refractivity contribution >= 4 is 0 Å². The summed E-state index contributed by atoms with van der Waals surface area (Å²) < 4.78 is 5.08. The largest absolute Gasteiger partial charge is 0.395 e. The molecule has 7 nitrogen and oxygen atoms in total. The average Bonchev–Trinajstić information content (AvgIpc) is 2.81. The molecule has 0 aromatic heterocycles. The summed E-state index contributed by atoms with van der Waals surface area (Å²) in [6.45, 7) is 1.77. The summed E-state index contributed by atoms with van der Waals surface area (Å²) in [7, 11) is 0. The second kappa shape index (κ2) is 6.01. The number of aliphatic hydroxyl groups is 5. The summed E-state index contributed by atoms with van der Waals surface area (Å²) in [6.07, 6.45) is -3.83. The van der Waals surface area contributed by atoms with Gasteiger partial charge in [0, 0.05) is 6.04 Å². The molecule has 19 heavy (non-hydrogen) atoms. The van der Waals surface area contributed by atoms with E-state index in [0.717, 1.165) is 0 Å². The zero-order valence-electron chi connectivity index (χ0n) is 10.9. The van der Waals surface area contributed by atoms with E-state index in [1.165, 1.54) is 0 Å². The van der Waals surface area contributed by atoms with E-state index >= 15 is 0 Å². The topological polar surface area (TPSA) is 122 Å². The van der Waals surface area contributed by atoms with Crippen LogP contribution in [-0.4, -0.2) is 74.9 Å². The van der Waals surface area contributed by atoms with Crippen molar-refractivity contribution in [2.24, 2.45) is 5.92 Å². The summed E-state index contributed by atoms with van der Waals surface area (Å²) in [4.78, 5) is 0. The zero-order chi connectivity index (χ0) is 14.2. The third kappa shape index (κ3) is 2.92. The minimum Gasteiger partial charge on any atom is -0.395 e. The van der Waals surface area contributed by atoms with Crippen LogP contribution in [0.4, 0.5) is 0 Å². The summed E-state index contributed by atoms with van der Waals surface area (Å²) in [6, 6.07) is -0.316. The van der Waals surface area contributed by atoms with Crippen molar-refractivity contribution in [1.29, 1.82) is 0 Å². The monoisotopic (exact) mass is 277 g/mol. The molecule has 6 N–H and O–H groups in total. The Bertz CT molecular complexity index is 304. The number of nitrogens with one attached hydrogen (secondary N) is 1. The van der Waals surface area contributed by atoms with Gasteiger partial charge < -0.3 is 35.6 Å². The van der Waals surface area contributed by atoms with Crippen LogP contribution in [0.5, 0.6) is 0 Å². The first kappa shape index (κ1) is 15.1. The molecule has 4 unspecified atom stereocenters. The first-order valence-corrected chi connectivity index (χ1v) is 6.70. The highest BCUT2D eigenvalue weighted by atomic mass is 16.6. The third-order valence-electron chi connectivity index (χ3n) is 4.31. The normalized spacial score (nSPS) is 50.8. The molecule has 2 rings (SSSR count). The van der Waals surface area contributed by atoms with Crippen molar-refractivity contribution < 1.29 is 30.3 Å². The standard InChI is InChI=1S/C12H23NO6/c1-5-6(13-7(4-14)9(5)15)2-3-8-10(16)11(17)12(18)19-8/h5-18H,2-4H2,1H3/t5?,6-,7-,8+,9?,10?,11?,12-/m1/s1. The van der Waals surface area contributed by atoms with Crippen LogP contribution in [0.15, 0.2) is 0 Å². The maximum absolute atomic E-state index is 9.87. The predicted octanol–water partition coefficient (Wildman–Crippen LogP) is -2.46. The molecule has 2 heterocycles. The molecule has 0 aromatic carbocycles. The Balaban J connectivity index is 1.83. The molecular weight excluding hydrogens is 254 g/mol. The fraction of sp³-hybridized carbons (Fsp3) is 1.00. The number of ether oxygens (including phenoxy) is 1. The minimum atomic E-state index is -1.34. The van der Waals surface area contributed by atoms with Crippen molar-refractivity contribution in [3.8, 4) is 0 Å². The van der Waals surface area contributed by atoms with Gasteiger partial charge >= 0.3 is 0 Å². The molecule has 2 aliphatic heterocycles. The molecule has 2 fully saturated rings. The van der Waals surface area contributed by atoms with Gasteiger partial charge in [-0.25, -0.2) is 0 Å². The van der Waals surface area contributed by atoms with E-state index in [1.807, 2.05) is 6.92 Å². The zero-order valence-corrected chi connectivity index (χ0v) is 10.9. The molecule has 2 saturated heterocycles. The van der Waals surface area contributed by atoms with Crippen molar-refractivity contribution in [1.82, 2.24) is 5.32 Å². The second-order valence-corrected chi connectivity index (χ2v) is 5.54. The van der Waals surface area contributed by atoms with Gasteiger partial charge in [-0.1, -0.05) is 6.92 Å². The molecule has 0 amide bonds. The Morgan fingerprint density at radius 3 is 2.11 bits per heavy atom. The van der Waals surface area contributed by atoms with Gasteiger partial charge in [0.15, 0.2) is 6.29 Å². The molecule has 0 saturated carbocycles. The number of rotatable bonds is 4. The van der Waals surface area contributed by atoms with E-state index in [0.29, 0.717) is 12.8 Å². The Morgan fingerprint density at radius 2 is 1.63 bits per heavy atom. The van der Waals surface area contributed by atoms with Gasteiger partial charge in [-0.05, 0) is 18.8 Å². The van der Waals surface area contributed by atoms with E-state index in [4.69, 9.17) is 9.84 Å². The lowest BCUT2D eigenvalue weighted by Crippen LogP contribution is -2.37. The maximum atomic E-state index is 9.87. The molecule has 112 valence electrons.